The molecule has 0 radical (unpaired) electrons. The normalized spacial score (nSPS) is 13.1. The van der Waals surface area contributed by atoms with Gasteiger partial charge in [0.15, 0.2) is 0 Å². The largest absolute Gasteiger partial charge is 0.385 e. The van der Waals surface area contributed by atoms with Crippen LogP contribution in [0.4, 0.5) is 5.69 Å². The monoisotopic (exact) mass is 189 g/mol. The quantitative estimate of drug-likeness (QED) is 0.710. The number of hydrogen-bond acceptors (Lipinski definition) is 1. The molecule has 0 aromatic heterocycles. The molecule has 1 atom stereocenters. The zero-order chi connectivity index (χ0) is 10.4. The summed E-state index contributed by atoms with van der Waals surface area (Å²) >= 11 is 0. The lowest BCUT2D eigenvalue weighted by atomic mass is 9.99. The van der Waals surface area contributed by atoms with Crippen LogP contribution in [0.2, 0.25) is 0 Å². The number of para-hydroxylation sites is 1. The van der Waals surface area contributed by atoms with E-state index in [4.69, 9.17) is 0 Å². The fourth-order valence-corrected chi connectivity index (χ4v) is 1.64. The molecule has 1 aromatic rings. The minimum absolute atomic E-state index is 0.482. The highest BCUT2D eigenvalue weighted by molar-refractivity contribution is 5.53. The van der Waals surface area contributed by atoms with E-state index in [-0.39, 0.29) is 0 Å². The standard InChI is InChI=1S/C13H19N/c1-4-8-11(3)12-9-6-7-10-13(12)14-5-2/h4,6-11,14H,5H2,1-3H3/b8-4+. The Morgan fingerprint density at radius 3 is 2.71 bits per heavy atom. The summed E-state index contributed by atoms with van der Waals surface area (Å²) in [5, 5.41) is 3.38. The summed E-state index contributed by atoms with van der Waals surface area (Å²) in [5.74, 6) is 0.482. The molecule has 0 amide bonds. The van der Waals surface area contributed by atoms with Gasteiger partial charge in [0, 0.05) is 18.2 Å². The third kappa shape index (κ3) is 2.63. The third-order valence-electron chi connectivity index (χ3n) is 2.30. The maximum absolute atomic E-state index is 3.38. The van der Waals surface area contributed by atoms with Gasteiger partial charge in [-0.25, -0.2) is 0 Å². The molecule has 1 unspecified atom stereocenters. The van der Waals surface area contributed by atoms with E-state index in [1.807, 2.05) is 0 Å². The van der Waals surface area contributed by atoms with Crippen LogP contribution in [0.1, 0.15) is 32.3 Å². The van der Waals surface area contributed by atoms with Gasteiger partial charge in [0.05, 0.1) is 0 Å². The molecule has 14 heavy (non-hydrogen) atoms. The molecule has 0 fully saturated rings. The minimum atomic E-state index is 0.482. The van der Waals surface area contributed by atoms with Gasteiger partial charge in [-0.2, -0.15) is 0 Å². The highest BCUT2D eigenvalue weighted by atomic mass is 14.9. The van der Waals surface area contributed by atoms with Crippen LogP contribution in [-0.2, 0) is 0 Å². The van der Waals surface area contributed by atoms with E-state index in [1.165, 1.54) is 11.3 Å². The van der Waals surface area contributed by atoms with Crippen molar-refractivity contribution in [3.8, 4) is 0 Å². The predicted octanol–water partition coefficient (Wildman–Crippen LogP) is 3.80. The van der Waals surface area contributed by atoms with Crippen molar-refractivity contribution < 1.29 is 0 Å². The highest BCUT2D eigenvalue weighted by Crippen LogP contribution is 2.24. The van der Waals surface area contributed by atoms with Crippen molar-refractivity contribution in [2.45, 2.75) is 26.7 Å². The Morgan fingerprint density at radius 1 is 1.36 bits per heavy atom. The molecule has 1 heteroatoms. The van der Waals surface area contributed by atoms with Crippen LogP contribution in [-0.4, -0.2) is 6.54 Å². The third-order valence-corrected chi connectivity index (χ3v) is 2.30. The summed E-state index contributed by atoms with van der Waals surface area (Å²) in [6.45, 7) is 7.37. The lowest BCUT2D eigenvalue weighted by Gasteiger charge is -2.13. The number of rotatable bonds is 4. The molecule has 0 aliphatic carbocycles. The maximum atomic E-state index is 3.38. The summed E-state index contributed by atoms with van der Waals surface area (Å²) < 4.78 is 0. The SMILES string of the molecule is C/C=C/C(C)c1ccccc1NCC. The van der Waals surface area contributed by atoms with Crippen LogP contribution in [0.5, 0.6) is 0 Å². The Bertz CT molecular complexity index is 302. The molecular weight excluding hydrogens is 170 g/mol. The fraction of sp³-hybridized carbons (Fsp3) is 0.385. The lowest BCUT2D eigenvalue weighted by Crippen LogP contribution is -2.01. The van der Waals surface area contributed by atoms with Gasteiger partial charge in [0.25, 0.3) is 0 Å². The maximum Gasteiger partial charge on any atom is 0.0378 e. The Balaban J connectivity index is 2.93. The summed E-state index contributed by atoms with van der Waals surface area (Å²) in [6, 6.07) is 8.49. The smallest absolute Gasteiger partial charge is 0.0378 e. The molecule has 0 heterocycles. The fourth-order valence-electron chi connectivity index (χ4n) is 1.64. The molecule has 1 nitrogen and oxygen atoms in total. The molecule has 0 saturated carbocycles. The topological polar surface area (TPSA) is 12.0 Å². The van der Waals surface area contributed by atoms with Gasteiger partial charge >= 0.3 is 0 Å². The molecule has 76 valence electrons. The van der Waals surface area contributed by atoms with Crippen LogP contribution >= 0.6 is 0 Å². The summed E-state index contributed by atoms with van der Waals surface area (Å²) in [7, 11) is 0. The molecule has 0 bridgehead atoms. The van der Waals surface area contributed by atoms with Crippen molar-refractivity contribution in [3.63, 3.8) is 0 Å². The van der Waals surface area contributed by atoms with Crippen LogP contribution in [0.3, 0.4) is 0 Å². The Hall–Kier alpha value is -1.24. The molecular formula is C13H19N. The van der Waals surface area contributed by atoms with Crippen molar-refractivity contribution >= 4 is 5.69 Å². The van der Waals surface area contributed by atoms with Crippen LogP contribution in [0.15, 0.2) is 36.4 Å². The number of nitrogens with one attached hydrogen (secondary N) is 1. The summed E-state index contributed by atoms with van der Waals surface area (Å²) in [4.78, 5) is 0. The van der Waals surface area contributed by atoms with E-state index in [0.717, 1.165) is 6.54 Å². The first-order valence-corrected chi connectivity index (χ1v) is 5.25. The van der Waals surface area contributed by atoms with Crippen molar-refractivity contribution in [2.24, 2.45) is 0 Å². The molecule has 0 aliphatic heterocycles. The molecule has 0 aliphatic rings. The number of benzene rings is 1. The van der Waals surface area contributed by atoms with Gasteiger partial charge in [0.2, 0.25) is 0 Å². The van der Waals surface area contributed by atoms with Crippen LogP contribution in [0, 0.1) is 0 Å². The van der Waals surface area contributed by atoms with Crippen molar-refractivity contribution in [1.82, 2.24) is 0 Å². The average molecular weight is 189 g/mol. The van der Waals surface area contributed by atoms with Gasteiger partial charge in [-0.15, -0.1) is 0 Å². The van der Waals surface area contributed by atoms with E-state index >= 15 is 0 Å². The Morgan fingerprint density at radius 2 is 2.07 bits per heavy atom. The van der Waals surface area contributed by atoms with Crippen LogP contribution in [0.25, 0.3) is 0 Å². The van der Waals surface area contributed by atoms with Gasteiger partial charge < -0.3 is 5.32 Å². The first-order chi connectivity index (χ1) is 6.79. The van der Waals surface area contributed by atoms with Crippen LogP contribution < -0.4 is 5.32 Å². The number of allylic oxidation sites excluding steroid dienone is 2. The zero-order valence-corrected chi connectivity index (χ0v) is 9.25. The molecule has 0 saturated heterocycles. The first kappa shape index (κ1) is 10.8. The number of anilines is 1. The van der Waals surface area contributed by atoms with Crippen molar-refractivity contribution in [1.29, 1.82) is 0 Å². The van der Waals surface area contributed by atoms with E-state index in [9.17, 15) is 0 Å². The zero-order valence-electron chi connectivity index (χ0n) is 9.25. The van der Waals surface area contributed by atoms with E-state index in [2.05, 4.69) is 62.5 Å². The molecule has 1 N–H and O–H groups in total. The lowest BCUT2D eigenvalue weighted by molar-refractivity contribution is 0.962. The highest BCUT2D eigenvalue weighted by Gasteiger charge is 2.05. The second kappa shape index (κ2) is 5.48. The number of hydrogen-bond donors (Lipinski definition) is 1. The summed E-state index contributed by atoms with van der Waals surface area (Å²) in [6.07, 6.45) is 4.32. The molecule has 0 spiro atoms. The first-order valence-electron chi connectivity index (χ1n) is 5.25. The minimum Gasteiger partial charge on any atom is -0.385 e. The van der Waals surface area contributed by atoms with E-state index in [1.54, 1.807) is 0 Å². The van der Waals surface area contributed by atoms with Crippen molar-refractivity contribution in [2.75, 3.05) is 11.9 Å². The van der Waals surface area contributed by atoms with E-state index < -0.39 is 0 Å². The van der Waals surface area contributed by atoms with Gasteiger partial charge in [-0.05, 0) is 25.5 Å². The summed E-state index contributed by atoms with van der Waals surface area (Å²) in [5.41, 5.74) is 2.62. The Kier molecular flexibility index (Phi) is 4.24. The van der Waals surface area contributed by atoms with Gasteiger partial charge in [-0.1, -0.05) is 37.3 Å². The Labute approximate surface area is 86.8 Å². The van der Waals surface area contributed by atoms with E-state index in [0.29, 0.717) is 5.92 Å². The average Bonchev–Trinajstić information content (AvgIpc) is 2.19. The second-order valence-corrected chi connectivity index (χ2v) is 3.43. The van der Waals surface area contributed by atoms with Crippen molar-refractivity contribution in [3.05, 3.63) is 42.0 Å². The van der Waals surface area contributed by atoms with Gasteiger partial charge in [-0.3, -0.25) is 0 Å². The molecule has 1 aromatic carbocycles. The van der Waals surface area contributed by atoms with Gasteiger partial charge in [0.1, 0.15) is 0 Å². The molecule has 1 rings (SSSR count). The second-order valence-electron chi connectivity index (χ2n) is 3.43. The predicted molar refractivity (Wildman–Crippen MR) is 63.8 cm³/mol.